The molecule has 3 aliphatic rings. The summed E-state index contributed by atoms with van der Waals surface area (Å²) in [5.74, 6) is 2.59. The first-order chi connectivity index (χ1) is 16.9. The second-order valence-corrected chi connectivity index (χ2v) is 11.1. The van der Waals surface area contributed by atoms with E-state index in [4.69, 9.17) is 9.97 Å². The van der Waals surface area contributed by atoms with Crippen LogP contribution in [0.15, 0.2) is 9.32 Å². The molecule has 2 N–H and O–H groups in total. The highest BCUT2D eigenvalue weighted by molar-refractivity contribution is 5.86. The fourth-order valence-electron chi connectivity index (χ4n) is 5.84. The summed E-state index contributed by atoms with van der Waals surface area (Å²) in [5, 5.41) is 7.38. The smallest absolute Gasteiger partial charge is 0.365 e. The Labute approximate surface area is 203 Å². The van der Waals surface area contributed by atoms with E-state index in [1.165, 1.54) is 32.1 Å². The number of anilines is 1. The van der Waals surface area contributed by atoms with E-state index < -0.39 is 11.4 Å². The van der Waals surface area contributed by atoms with E-state index in [-0.39, 0.29) is 17.7 Å². The first-order valence-electron chi connectivity index (χ1n) is 13.2. The number of aromatic nitrogens is 6. The van der Waals surface area contributed by atoms with Crippen LogP contribution in [0.25, 0.3) is 22.8 Å². The highest BCUT2D eigenvalue weighted by atomic mass is 19.1. The first-order valence-corrected chi connectivity index (χ1v) is 13.2. The summed E-state index contributed by atoms with van der Waals surface area (Å²) in [6, 6.07) is 0.205. The van der Waals surface area contributed by atoms with Gasteiger partial charge in [0.15, 0.2) is 17.1 Å². The lowest BCUT2D eigenvalue weighted by Crippen LogP contribution is -2.34. The fraction of sp³-hybridized carbons (Fsp3) is 0.720. The van der Waals surface area contributed by atoms with Crippen LogP contribution in [-0.2, 0) is 12.2 Å². The molecule has 3 aromatic rings. The minimum absolute atomic E-state index is 0.146. The second-order valence-electron chi connectivity index (χ2n) is 11.1. The van der Waals surface area contributed by atoms with Gasteiger partial charge in [0.1, 0.15) is 11.3 Å². The predicted octanol–water partition coefficient (Wildman–Crippen LogP) is 4.95. The summed E-state index contributed by atoms with van der Waals surface area (Å²) in [6.07, 6.45) is 10.1. The van der Waals surface area contributed by atoms with Crippen molar-refractivity contribution in [3.05, 3.63) is 16.4 Å². The molecule has 9 nitrogen and oxygen atoms in total. The number of aromatic amines is 1. The van der Waals surface area contributed by atoms with Gasteiger partial charge in [0.05, 0.1) is 0 Å². The lowest BCUT2D eigenvalue weighted by Gasteiger charge is -2.35. The van der Waals surface area contributed by atoms with Crippen LogP contribution < -0.4 is 11.1 Å². The Hall–Kier alpha value is -2.78. The highest BCUT2D eigenvalue weighted by Crippen LogP contribution is 2.46. The quantitative estimate of drug-likeness (QED) is 0.489. The van der Waals surface area contributed by atoms with E-state index in [9.17, 15) is 4.79 Å². The summed E-state index contributed by atoms with van der Waals surface area (Å²) in [4.78, 5) is 28.3. The molecule has 6 rings (SSSR count). The van der Waals surface area contributed by atoms with E-state index >= 15 is 4.39 Å². The zero-order chi connectivity index (χ0) is 24.2. The topological polar surface area (TPSA) is 115 Å². The molecule has 35 heavy (non-hydrogen) atoms. The molecule has 0 spiro atoms. The van der Waals surface area contributed by atoms with Gasteiger partial charge in [0.2, 0.25) is 11.6 Å². The molecule has 1 unspecified atom stereocenters. The normalized spacial score (nSPS) is 25.2. The molecule has 0 bridgehead atoms. The van der Waals surface area contributed by atoms with Gasteiger partial charge in [-0.05, 0) is 69.6 Å². The van der Waals surface area contributed by atoms with Crippen LogP contribution in [0.2, 0.25) is 0 Å². The zero-order valence-electron chi connectivity index (χ0n) is 20.5. The van der Waals surface area contributed by atoms with Crippen LogP contribution in [0.1, 0.15) is 83.9 Å². The standard InChI is InChI=1S/C25H34FN7O2/c1-14-7-9-16(10-8-14)13-33-18-19(27-15(2)17-5-3-6-17)28-21(22-31-24(34)35-32-22)29-20(18)30-23(33)25(26)11-4-12-25/h14-17H,3-13H2,1-2H3,(H,27,28,29)(H,31,32,34). The average Bonchev–Trinajstić information content (AvgIpc) is 3.36. The Morgan fingerprint density at radius 3 is 2.51 bits per heavy atom. The number of H-pyrrole nitrogens is 1. The number of nitrogens with one attached hydrogen (secondary N) is 2. The van der Waals surface area contributed by atoms with Crippen molar-refractivity contribution < 1.29 is 8.91 Å². The minimum Gasteiger partial charge on any atom is -0.365 e. The Balaban J connectivity index is 1.48. The summed E-state index contributed by atoms with van der Waals surface area (Å²) < 4.78 is 22.7. The Kier molecular flexibility index (Phi) is 5.64. The second kappa shape index (κ2) is 8.71. The van der Waals surface area contributed by atoms with Gasteiger partial charge in [-0.3, -0.25) is 9.51 Å². The molecule has 0 aliphatic heterocycles. The van der Waals surface area contributed by atoms with Gasteiger partial charge < -0.3 is 9.88 Å². The number of hydrogen-bond donors (Lipinski definition) is 2. The monoisotopic (exact) mass is 483 g/mol. The molecular weight excluding hydrogens is 449 g/mol. The fourth-order valence-corrected chi connectivity index (χ4v) is 5.84. The van der Waals surface area contributed by atoms with Crippen LogP contribution in [0.3, 0.4) is 0 Å². The third-order valence-corrected chi connectivity index (χ3v) is 8.60. The Morgan fingerprint density at radius 1 is 1.14 bits per heavy atom. The van der Waals surface area contributed by atoms with Crippen molar-refractivity contribution in [3.63, 3.8) is 0 Å². The summed E-state index contributed by atoms with van der Waals surface area (Å²) >= 11 is 0. The number of nitrogens with zero attached hydrogens (tertiary/aromatic N) is 5. The average molecular weight is 484 g/mol. The summed E-state index contributed by atoms with van der Waals surface area (Å²) in [6.45, 7) is 5.20. The van der Waals surface area contributed by atoms with E-state index in [0.29, 0.717) is 42.0 Å². The number of alkyl halides is 1. The van der Waals surface area contributed by atoms with Crippen LogP contribution in [-0.4, -0.2) is 35.7 Å². The molecule has 3 heterocycles. The maximum absolute atomic E-state index is 15.9. The maximum atomic E-state index is 15.9. The predicted molar refractivity (Wildman–Crippen MR) is 130 cm³/mol. The third-order valence-electron chi connectivity index (χ3n) is 8.60. The van der Waals surface area contributed by atoms with Crippen molar-refractivity contribution in [1.29, 1.82) is 0 Å². The molecule has 3 aromatic heterocycles. The van der Waals surface area contributed by atoms with Crippen LogP contribution in [0.5, 0.6) is 0 Å². The molecule has 3 saturated carbocycles. The van der Waals surface area contributed by atoms with E-state index in [1.807, 2.05) is 0 Å². The summed E-state index contributed by atoms with van der Waals surface area (Å²) in [5.41, 5.74) is -0.240. The Bertz CT molecular complexity index is 1260. The number of fused-ring (bicyclic) bond motifs is 1. The van der Waals surface area contributed by atoms with Gasteiger partial charge in [-0.25, -0.2) is 24.1 Å². The molecule has 0 aromatic carbocycles. The van der Waals surface area contributed by atoms with Crippen molar-refractivity contribution in [3.8, 4) is 11.6 Å². The van der Waals surface area contributed by atoms with Gasteiger partial charge in [0.25, 0.3) is 0 Å². The van der Waals surface area contributed by atoms with E-state index in [2.05, 4.69) is 43.4 Å². The molecule has 10 heteroatoms. The molecular formula is C25H34FN7O2. The number of halogens is 1. The molecule has 0 radical (unpaired) electrons. The number of hydrogen-bond acceptors (Lipinski definition) is 7. The van der Waals surface area contributed by atoms with Crippen LogP contribution in [0, 0.1) is 17.8 Å². The maximum Gasteiger partial charge on any atom is 0.439 e. The summed E-state index contributed by atoms with van der Waals surface area (Å²) in [7, 11) is 0. The molecule has 1 atom stereocenters. The lowest BCUT2D eigenvalue weighted by molar-refractivity contribution is 0.0458. The molecule has 0 saturated heterocycles. The van der Waals surface area contributed by atoms with Crippen molar-refractivity contribution in [1.82, 2.24) is 29.7 Å². The van der Waals surface area contributed by atoms with E-state index in [1.54, 1.807) is 0 Å². The van der Waals surface area contributed by atoms with Gasteiger partial charge in [-0.2, -0.15) is 0 Å². The van der Waals surface area contributed by atoms with Crippen LogP contribution in [0.4, 0.5) is 10.2 Å². The third kappa shape index (κ3) is 4.14. The number of rotatable bonds is 7. The largest absolute Gasteiger partial charge is 0.439 e. The number of imidazole rings is 1. The zero-order valence-corrected chi connectivity index (χ0v) is 20.5. The van der Waals surface area contributed by atoms with Crippen LogP contribution >= 0.6 is 0 Å². The first kappa shape index (κ1) is 22.7. The minimum atomic E-state index is -1.43. The van der Waals surface area contributed by atoms with Gasteiger partial charge in [0, 0.05) is 12.6 Å². The van der Waals surface area contributed by atoms with Crippen molar-refractivity contribution in [2.75, 3.05) is 5.32 Å². The SMILES string of the molecule is CC1CCC(Cn2c(C3(F)CCC3)nc3nc(-c4noc(=O)[nH]4)nc(NC(C)C4CCC4)c32)CC1. The van der Waals surface area contributed by atoms with Crippen molar-refractivity contribution in [2.45, 2.75) is 96.3 Å². The molecule has 0 amide bonds. The van der Waals surface area contributed by atoms with E-state index in [0.717, 1.165) is 37.2 Å². The Morgan fingerprint density at radius 2 is 1.91 bits per heavy atom. The molecule has 3 aliphatic carbocycles. The molecule has 3 fully saturated rings. The van der Waals surface area contributed by atoms with Gasteiger partial charge in [-0.15, -0.1) is 0 Å². The van der Waals surface area contributed by atoms with Crippen molar-refractivity contribution in [2.24, 2.45) is 17.8 Å². The highest BCUT2D eigenvalue weighted by Gasteiger charge is 2.44. The van der Waals surface area contributed by atoms with Gasteiger partial charge in [-0.1, -0.05) is 31.3 Å². The van der Waals surface area contributed by atoms with Crippen molar-refractivity contribution >= 4 is 17.0 Å². The van der Waals surface area contributed by atoms with Gasteiger partial charge >= 0.3 is 5.76 Å². The lowest BCUT2D eigenvalue weighted by atomic mass is 9.80. The molecule has 188 valence electrons.